The first-order valence-electron chi connectivity index (χ1n) is 12.0. The highest BCUT2D eigenvalue weighted by Crippen LogP contribution is 2.25. The molecule has 3 rings (SSSR count). The zero-order valence-corrected chi connectivity index (χ0v) is 21.4. The number of nitrogens with one attached hydrogen (secondary N) is 1. The fourth-order valence-corrected chi connectivity index (χ4v) is 3.94. The summed E-state index contributed by atoms with van der Waals surface area (Å²) >= 11 is 0. The largest absolute Gasteiger partial charge is 0.402 e. The maximum atomic E-state index is 13.7. The summed E-state index contributed by atoms with van der Waals surface area (Å²) in [5, 5.41) is 3.35. The number of nitrogens with zero attached hydrogens (tertiary/aromatic N) is 3. The lowest BCUT2D eigenvalue weighted by Gasteiger charge is -2.19. The summed E-state index contributed by atoms with van der Waals surface area (Å²) in [6.45, 7) is 9.30. The fourth-order valence-electron chi connectivity index (χ4n) is 3.94. The van der Waals surface area contributed by atoms with Crippen molar-refractivity contribution in [1.29, 1.82) is 0 Å². The number of aromatic nitrogens is 2. The number of hydrogen-bond acceptors (Lipinski definition) is 5. The molecule has 188 valence electrons. The minimum atomic E-state index is -0.532. The molecule has 0 saturated heterocycles. The van der Waals surface area contributed by atoms with Crippen molar-refractivity contribution >= 4 is 22.6 Å². The average molecular weight is 487 g/mol. The van der Waals surface area contributed by atoms with Gasteiger partial charge in [0.25, 0.3) is 5.56 Å². The lowest BCUT2D eigenvalue weighted by atomic mass is 10.1. The number of hydrogen-bond donors (Lipinski definition) is 3. The van der Waals surface area contributed by atoms with E-state index >= 15 is 0 Å². The van der Waals surface area contributed by atoms with E-state index in [2.05, 4.69) is 5.32 Å². The lowest BCUT2D eigenvalue weighted by molar-refractivity contribution is -0.116. The van der Waals surface area contributed by atoms with E-state index in [1.165, 1.54) is 6.08 Å². The van der Waals surface area contributed by atoms with E-state index in [0.717, 1.165) is 5.56 Å². The molecule has 2 aromatic carbocycles. The van der Waals surface area contributed by atoms with Crippen LogP contribution < -0.4 is 22.3 Å². The normalized spacial score (nSPS) is 13.8. The van der Waals surface area contributed by atoms with E-state index < -0.39 is 6.04 Å². The van der Waals surface area contributed by atoms with Crippen LogP contribution in [0.2, 0.25) is 0 Å². The number of para-hydroxylation sites is 1. The molecule has 5 N–H and O–H groups in total. The maximum absolute atomic E-state index is 13.7. The van der Waals surface area contributed by atoms with Crippen LogP contribution in [0.3, 0.4) is 0 Å². The Bertz CT molecular complexity index is 1400. The third-order valence-electron chi connectivity index (χ3n) is 5.66. The lowest BCUT2D eigenvalue weighted by Crippen LogP contribution is -2.28. The molecule has 3 aromatic rings. The molecule has 0 spiro atoms. The van der Waals surface area contributed by atoms with Crippen LogP contribution in [0.4, 0.5) is 0 Å². The van der Waals surface area contributed by atoms with Gasteiger partial charge in [0.15, 0.2) is 0 Å². The van der Waals surface area contributed by atoms with Gasteiger partial charge >= 0.3 is 0 Å². The van der Waals surface area contributed by atoms with Gasteiger partial charge in [0, 0.05) is 23.4 Å². The van der Waals surface area contributed by atoms with Gasteiger partial charge in [-0.2, -0.15) is 0 Å². The number of carbonyl (C=O) groups is 1. The first-order chi connectivity index (χ1) is 17.1. The number of benzene rings is 2. The van der Waals surface area contributed by atoms with Crippen molar-refractivity contribution in [2.75, 3.05) is 0 Å². The second-order valence-electron chi connectivity index (χ2n) is 8.95. The minimum Gasteiger partial charge on any atom is -0.402 e. The van der Waals surface area contributed by atoms with E-state index in [9.17, 15) is 9.59 Å². The second kappa shape index (κ2) is 11.5. The molecule has 0 bridgehead atoms. The molecule has 1 unspecified atom stereocenters. The Labute approximate surface area is 211 Å². The quantitative estimate of drug-likeness (QED) is 0.193. The predicted molar refractivity (Wildman–Crippen MR) is 146 cm³/mol. The summed E-state index contributed by atoms with van der Waals surface area (Å²) < 4.78 is 1.60. The van der Waals surface area contributed by atoms with Gasteiger partial charge in [-0.15, -0.1) is 0 Å². The van der Waals surface area contributed by atoms with Crippen LogP contribution in [0.1, 0.15) is 51.5 Å². The van der Waals surface area contributed by atoms with Crippen LogP contribution in [0, 0.1) is 6.92 Å². The number of carbonyl (C=O) groups excluding carboxylic acids is 1. The number of amides is 1. The number of amidine groups is 1. The molecule has 0 fully saturated rings. The van der Waals surface area contributed by atoms with Crippen molar-refractivity contribution in [2.45, 2.75) is 53.1 Å². The van der Waals surface area contributed by atoms with Gasteiger partial charge in [0.05, 0.1) is 16.6 Å². The Morgan fingerprint density at radius 2 is 1.81 bits per heavy atom. The maximum Gasteiger partial charge on any atom is 0.266 e. The summed E-state index contributed by atoms with van der Waals surface area (Å²) in [4.78, 5) is 35.5. The van der Waals surface area contributed by atoms with Gasteiger partial charge in [0.2, 0.25) is 5.91 Å². The zero-order valence-electron chi connectivity index (χ0n) is 21.4. The first-order valence-corrected chi connectivity index (χ1v) is 12.0. The third-order valence-corrected chi connectivity index (χ3v) is 5.66. The Balaban J connectivity index is 2.17. The van der Waals surface area contributed by atoms with Crippen molar-refractivity contribution in [2.24, 2.45) is 16.5 Å². The Morgan fingerprint density at radius 1 is 1.11 bits per heavy atom. The van der Waals surface area contributed by atoms with Crippen LogP contribution in [0.25, 0.3) is 16.6 Å². The number of aliphatic imine (C=N–C) groups is 1. The molecule has 8 nitrogen and oxygen atoms in total. The van der Waals surface area contributed by atoms with E-state index in [1.807, 2.05) is 76.2 Å². The van der Waals surface area contributed by atoms with Gasteiger partial charge < -0.3 is 16.8 Å². The van der Waals surface area contributed by atoms with Crippen LogP contribution in [0.15, 0.2) is 81.7 Å². The summed E-state index contributed by atoms with van der Waals surface area (Å²) in [7, 11) is 0. The molecule has 36 heavy (non-hydrogen) atoms. The van der Waals surface area contributed by atoms with E-state index in [1.54, 1.807) is 17.6 Å². The molecule has 1 heterocycles. The Kier molecular flexibility index (Phi) is 8.42. The van der Waals surface area contributed by atoms with Crippen LogP contribution in [-0.2, 0) is 4.79 Å². The van der Waals surface area contributed by atoms with Crippen LogP contribution >= 0.6 is 0 Å². The summed E-state index contributed by atoms with van der Waals surface area (Å²) in [6.07, 6.45) is 3.47. The SMILES string of the molecule is CCC(N=C(N)C(/C=C/C(=O)NC(C)C)=C(/C)N)c1nc2cccc(C)c2c(=O)n1-c1ccccc1. The van der Waals surface area contributed by atoms with Crippen molar-refractivity contribution in [1.82, 2.24) is 14.9 Å². The number of fused-ring (bicyclic) bond motifs is 1. The summed E-state index contributed by atoms with van der Waals surface area (Å²) in [5.41, 5.74) is 15.3. The molecular weight excluding hydrogens is 452 g/mol. The van der Waals surface area contributed by atoms with Gasteiger partial charge in [-0.3, -0.25) is 19.1 Å². The fraction of sp³-hybridized carbons (Fsp3) is 0.286. The molecule has 1 atom stereocenters. The Morgan fingerprint density at radius 3 is 2.42 bits per heavy atom. The first kappa shape index (κ1) is 26.4. The standard InChI is InChI=1S/C28H34N6O2/c1-6-22(32-26(30)21(19(5)29)15-16-24(35)31-17(2)3)27-33-23-14-10-11-18(4)25(23)28(36)34(27)20-12-8-7-9-13-20/h7-17,22H,6,29H2,1-5H3,(H2,30,32)(H,31,35)/b16-15+,21-19-. The zero-order chi connectivity index (χ0) is 26.4. The predicted octanol–water partition coefficient (Wildman–Crippen LogP) is 3.82. The number of rotatable bonds is 8. The van der Waals surface area contributed by atoms with Gasteiger partial charge in [0.1, 0.15) is 17.7 Å². The summed E-state index contributed by atoms with van der Waals surface area (Å²) in [6, 6.07) is 14.4. The molecule has 8 heteroatoms. The molecule has 0 aliphatic carbocycles. The van der Waals surface area contributed by atoms with Crippen molar-refractivity contribution in [3.8, 4) is 5.69 Å². The molecule has 0 aliphatic heterocycles. The third kappa shape index (κ3) is 5.89. The molecule has 0 radical (unpaired) electrons. The molecule has 1 amide bonds. The average Bonchev–Trinajstić information content (AvgIpc) is 2.82. The smallest absolute Gasteiger partial charge is 0.266 e. The highest BCUT2D eigenvalue weighted by molar-refractivity contribution is 6.02. The topological polar surface area (TPSA) is 128 Å². The van der Waals surface area contributed by atoms with Crippen molar-refractivity contribution in [3.05, 3.63) is 93.7 Å². The summed E-state index contributed by atoms with van der Waals surface area (Å²) in [5.74, 6) is 0.382. The monoisotopic (exact) mass is 486 g/mol. The number of aryl methyl sites for hydroxylation is 1. The van der Waals surface area contributed by atoms with Gasteiger partial charge in [-0.1, -0.05) is 37.3 Å². The molecule has 0 aliphatic rings. The van der Waals surface area contributed by atoms with E-state index in [4.69, 9.17) is 21.4 Å². The number of nitrogens with two attached hydrogens (primary N) is 2. The van der Waals surface area contributed by atoms with E-state index in [-0.39, 0.29) is 23.3 Å². The Hall–Kier alpha value is -4.20. The van der Waals surface area contributed by atoms with E-state index in [0.29, 0.717) is 40.1 Å². The molecular formula is C28H34N6O2. The highest BCUT2D eigenvalue weighted by Gasteiger charge is 2.21. The van der Waals surface area contributed by atoms with Gasteiger partial charge in [-0.25, -0.2) is 4.98 Å². The minimum absolute atomic E-state index is 0.00127. The molecule has 0 saturated carbocycles. The van der Waals surface area contributed by atoms with Crippen LogP contribution in [0.5, 0.6) is 0 Å². The number of allylic oxidation sites excluding steroid dienone is 1. The van der Waals surface area contributed by atoms with Gasteiger partial charge in [-0.05, 0) is 64.0 Å². The van der Waals surface area contributed by atoms with Crippen molar-refractivity contribution in [3.63, 3.8) is 0 Å². The highest BCUT2D eigenvalue weighted by atomic mass is 16.1. The second-order valence-corrected chi connectivity index (χ2v) is 8.95. The van der Waals surface area contributed by atoms with Crippen LogP contribution in [-0.4, -0.2) is 27.3 Å². The van der Waals surface area contributed by atoms with Crippen molar-refractivity contribution < 1.29 is 4.79 Å². The molecule has 1 aromatic heterocycles.